The minimum atomic E-state index is -0.755. The zero-order valence-electron chi connectivity index (χ0n) is 10.3. The fraction of sp³-hybridized carbons (Fsp3) is 0.667. The first-order valence-corrected chi connectivity index (χ1v) is 5.96. The molecule has 0 amide bonds. The average Bonchev–Trinajstić information content (AvgIpc) is 2.63. The van der Waals surface area contributed by atoms with Gasteiger partial charge in [-0.1, -0.05) is 13.8 Å². The molecule has 0 spiro atoms. The maximum atomic E-state index is 11.3. The monoisotopic (exact) mass is 240 g/mol. The number of carboxylic acid groups (broad SMARTS) is 1. The molecular weight excluding hydrogens is 220 g/mol. The summed E-state index contributed by atoms with van der Waals surface area (Å²) in [4.78, 5) is 24.4. The number of rotatable bonds is 7. The van der Waals surface area contributed by atoms with Gasteiger partial charge in [-0.3, -0.25) is 9.36 Å². The van der Waals surface area contributed by atoms with E-state index in [0.717, 1.165) is 6.42 Å². The Morgan fingerprint density at radius 2 is 2.18 bits per heavy atom. The molecule has 17 heavy (non-hydrogen) atoms. The van der Waals surface area contributed by atoms with Crippen molar-refractivity contribution >= 4 is 5.97 Å². The quantitative estimate of drug-likeness (QED) is 0.761. The van der Waals surface area contributed by atoms with Crippen molar-refractivity contribution < 1.29 is 9.90 Å². The van der Waals surface area contributed by atoms with E-state index in [9.17, 15) is 9.59 Å². The van der Waals surface area contributed by atoms with Crippen LogP contribution in [0.25, 0.3) is 0 Å². The molecule has 0 aliphatic carbocycles. The van der Waals surface area contributed by atoms with Gasteiger partial charge in [0, 0.05) is 25.4 Å². The number of carboxylic acids is 1. The molecule has 1 unspecified atom stereocenters. The van der Waals surface area contributed by atoms with Gasteiger partial charge in [-0.15, -0.1) is 0 Å². The first kappa shape index (κ1) is 13.5. The second kappa shape index (κ2) is 6.27. The van der Waals surface area contributed by atoms with Crippen molar-refractivity contribution in [2.75, 3.05) is 0 Å². The van der Waals surface area contributed by atoms with E-state index in [0.29, 0.717) is 24.8 Å². The molecule has 2 N–H and O–H groups in total. The number of hydrogen-bond acceptors (Lipinski definition) is 2. The van der Waals surface area contributed by atoms with Gasteiger partial charge in [0.15, 0.2) is 0 Å². The van der Waals surface area contributed by atoms with Crippen LogP contribution in [0, 0.1) is 11.8 Å². The fourth-order valence-electron chi connectivity index (χ4n) is 1.95. The van der Waals surface area contributed by atoms with E-state index < -0.39 is 5.97 Å². The number of aryl methyl sites for hydroxylation is 1. The lowest BCUT2D eigenvalue weighted by Crippen LogP contribution is -2.20. The van der Waals surface area contributed by atoms with Crippen LogP contribution in [-0.2, 0) is 11.3 Å². The molecule has 1 atom stereocenters. The van der Waals surface area contributed by atoms with Gasteiger partial charge >= 0.3 is 11.7 Å². The van der Waals surface area contributed by atoms with Crippen molar-refractivity contribution in [3.63, 3.8) is 0 Å². The predicted octanol–water partition coefficient (Wildman–Crippen LogP) is 1.70. The highest BCUT2D eigenvalue weighted by atomic mass is 16.4. The molecule has 1 aromatic heterocycles. The first-order valence-electron chi connectivity index (χ1n) is 5.96. The lowest BCUT2D eigenvalue weighted by atomic mass is 9.88. The van der Waals surface area contributed by atoms with Gasteiger partial charge < -0.3 is 10.1 Å². The lowest BCUT2D eigenvalue weighted by Gasteiger charge is -2.19. The molecule has 0 saturated heterocycles. The summed E-state index contributed by atoms with van der Waals surface area (Å²) in [5, 5.41) is 8.68. The maximum absolute atomic E-state index is 11.3. The van der Waals surface area contributed by atoms with Crippen molar-refractivity contribution in [2.45, 2.75) is 39.7 Å². The number of hydrogen-bond donors (Lipinski definition) is 2. The van der Waals surface area contributed by atoms with E-state index in [2.05, 4.69) is 18.8 Å². The molecule has 96 valence electrons. The van der Waals surface area contributed by atoms with Crippen LogP contribution >= 0.6 is 0 Å². The maximum Gasteiger partial charge on any atom is 0.325 e. The van der Waals surface area contributed by atoms with Crippen LogP contribution < -0.4 is 5.69 Å². The van der Waals surface area contributed by atoms with Crippen LogP contribution in [0.2, 0.25) is 0 Å². The lowest BCUT2D eigenvalue weighted by molar-refractivity contribution is -0.137. The summed E-state index contributed by atoms with van der Waals surface area (Å²) >= 11 is 0. The summed E-state index contributed by atoms with van der Waals surface area (Å²) in [5.74, 6) is 0.0198. The van der Waals surface area contributed by atoms with Crippen molar-refractivity contribution in [1.82, 2.24) is 9.55 Å². The van der Waals surface area contributed by atoms with Crippen LogP contribution in [0.5, 0.6) is 0 Å². The van der Waals surface area contributed by atoms with Crippen molar-refractivity contribution in [2.24, 2.45) is 11.8 Å². The Morgan fingerprint density at radius 1 is 1.47 bits per heavy atom. The summed E-state index contributed by atoms with van der Waals surface area (Å²) in [6, 6.07) is 0. The van der Waals surface area contributed by atoms with E-state index >= 15 is 0 Å². The summed E-state index contributed by atoms with van der Waals surface area (Å²) in [5.41, 5.74) is -0.106. The van der Waals surface area contributed by atoms with E-state index in [1.807, 2.05) is 0 Å². The van der Waals surface area contributed by atoms with Gasteiger partial charge in [-0.2, -0.15) is 0 Å². The van der Waals surface area contributed by atoms with Crippen LogP contribution in [0.1, 0.15) is 33.1 Å². The van der Waals surface area contributed by atoms with Gasteiger partial charge in [0.2, 0.25) is 0 Å². The molecule has 0 saturated carbocycles. The van der Waals surface area contributed by atoms with Crippen molar-refractivity contribution in [3.05, 3.63) is 22.9 Å². The molecule has 0 aliphatic heterocycles. The molecule has 0 aromatic carbocycles. The average molecular weight is 240 g/mol. The number of imidazole rings is 1. The Labute approximate surface area is 100 Å². The smallest absolute Gasteiger partial charge is 0.325 e. The van der Waals surface area contributed by atoms with Gasteiger partial charge in [0.1, 0.15) is 0 Å². The van der Waals surface area contributed by atoms with Gasteiger partial charge in [-0.25, -0.2) is 4.79 Å². The Bertz CT molecular complexity index is 406. The number of aromatic nitrogens is 2. The Hall–Kier alpha value is -1.52. The third-order valence-corrected chi connectivity index (χ3v) is 3.13. The topological polar surface area (TPSA) is 75.1 Å². The number of carbonyl (C=O) groups is 1. The Morgan fingerprint density at radius 3 is 2.65 bits per heavy atom. The minimum absolute atomic E-state index is 0.106. The third-order valence-electron chi connectivity index (χ3n) is 3.13. The van der Waals surface area contributed by atoms with Crippen LogP contribution in [-0.4, -0.2) is 20.6 Å². The molecular formula is C12H20N2O3. The number of aliphatic carboxylic acids is 1. The highest BCUT2D eigenvalue weighted by Crippen LogP contribution is 2.21. The van der Waals surface area contributed by atoms with Crippen LogP contribution in [0.4, 0.5) is 0 Å². The van der Waals surface area contributed by atoms with Crippen LogP contribution in [0.3, 0.4) is 0 Å². The number of nitrogens with one attached hydrogen (secondary N) is 1. The van der Waals surface area contributed by atoms with Gasteiger partial charge in [0.25, 0.3) is 0 Å². The van der Waals surface area contributed by atoms with Crippen molar-refractivity contribution in [3.8, 4) is 0 Å². The minimum Gasteiger partial charge on any atom is -0.481 e. The Kier molecular flexibility index (Phi) is 5.00. The highest BCUT2D eigenvalue weighted by Gasteiger charge is 2.15. The zero-order chi connectivity index (χ0) is 12.8. The standard InChI is InChI=1S/C12H20N2O3/c1-9(2)10(3-4-11(15)16)5-7-14-8-6-13-12(14)17/h6,8-10H,3-5,7H2,1-2H3,(H,13,17)(H,15,16). The molecule has 0 bridgehead atoms. The summed E-state index contributed by atoms with van der Waals surface area (Å²) in [7, 11) is 0. The molecule has 1 heterocycles. The van der Waals surface area contributed by atoms with Gasteiger partial charge in [-0.05, 0) is 24.7 Å². The first-order chi connectivity index (χ1) is 8.00. The summed E-state index contributed by atoms with van der Waals surface area (Å²) in [6.07, 6.45) is 5.04. The molecule has 5 nitrogen and oxygen atoms in total. The summed E-state index contributed by atoms with van der Waals surface area (Å²) < 4.78 is 1.62. The zero-order valence-corrected chi connectivity index (χ0v) is 10.3. The summed E-state index contributed by atoms with van der Waals surface area (Å²) in [6.45, 7) is 4.82. The van der Waals surface area contributed by atoms with E-state index in [1.54, 1.807) is 17.0 Å². The van der Waals surface area contributed by atoms with Crippen LogP contribution in [0.15, 0.2) is 17.2 Å². The molecule has 0 radical (unpaired) electrons. The van der Waals surface area contributed by atoms with Crippen molar-refractivity contribution in [1.29, 1.82) is 0 Å². The molecule has 0 fully saturated rings. The number of H-pyrrole nitrogens is 1. The molecule has 1 rings (SSSR count). The second-order valence-electron chi connectivity index (χ2n) is 4.68. The van der Waals surface area contributed by atoms with E-state index in [1.165, 1.54) is 0 Å². The predicted molar refractivity (Wildman–Crippen MR) is 64.9 cm³/mol. The van der Waals surface area contributed by atoms with Gasteiger partial charge in [0.05, 0.1) is 0 Å². The number of nitrogens with zero attached hydrogens (tertiary/aromatic N) is 1. The van der Waals surface area contributed by atoms with E-state index in [-0.39, 0.29) is 12.1 Å². The fourth-order valence-corrected chi connectivity index (χ4v) is 1.95. The highest BCUT2D eigenvalue weighted by molar-refractivity contribution is 5.66. The van der Waals surface area contributed by atoms with E-state index in [4.69, 9.17) is 5.11 Å². The normalized spacial score (nSPS) is 12.9. The molecule has 5 heteroatoms. The second-order valence-corrected chi connectivity index (χ2v) is 4.68. The number of aromatic amines is 1. The Balaban J connectivity index is 2.47. The third kappa shape index (κ3) is 4.46. The SMILES string of the molecule is CC(C)C(CCC(=O)O)CCn1cc[nH]c1=O. The molecule has 0 aliphatic rings. The largest absolute Gasteiger partial charge is 0.481 e. The molecule has 1 aromatic rings.